The Bertz CT molecular complexity index is 951. The van der Waals surface area contributed by atoms with Crippen molar-refractivity contribution in [3.63, 3.8) is 0 Å². The van der Waals surface area contributed by atoms with Crippen LogP contribution in [0.3, 0.4) is 0 Å². The Morgan fingerprint density at radius 1 is 1.10 bits per heavy atom. The fourth-order valence-corrected chi connectivity index (χ4v) is 3.68. The first-order chi connectivity index (χ1) is 14.4. The second-order valence-electron chi connectivity index (χ2n) is 6.86. The average molecular weight is 429 g/mol. The summed E-state index contributed by atoms with van der Waals surface area (Å²) in [5, 5.41) is 8.83. The van der Waals surface area contributed by atoms with Crippen LogP contribution in [0.1, 0.15) is 18.4 Å². The topological polar surface area (TPSA) is 85.7 Å². The second-order valence-corrected chi connectivity index (χ2v) is 8.57. The molecule has 0 bridgehead atoms. The third-order valence-electron chi connectivity index (χ3n) is 4.47. The van der Waals surface area contributed by atoms with E-state index in [1.807, 2.05) is 12.1 Å². The van der Waals surface area contributed by atoms with E-state index in [1.165, 1.54) is 7.05 Å². The molecule has 2 rings (SSSR count). The van der Waals surface area contributed by atoms with Crippen LogP contribution in [0.2, 0.25) is 0 Å². The molecule has 0 fully saturated rings. The van der Waals surface area contributed by atoms with Gasteiger partial charge in [-0.3, -0.25) is 9.03 Å². The number of nitrogens with zero attached hydrogens (tertiary/aromatic N) is 3. The maximum Gasteiger partial charge on any atom is 0.323 e. The van der Waals surface area contributed by atoms with E-state index in [-0.39, 0.29) is 0 Å². The summed E-state index contributed by atoms with van der Waals surface area (Å²) in [6, 6.07) is 15.1. The van der Waals surface area contributed by atoms with E-state index < -0.39 is 10.2 Å². The molecule has 1 N–H and O–H groups in total. The van der Waals surface area contributed by atoms with E-state index in [1.54, 1.807) is 48.5 Å². The maximum absolute atomic E-state index is 12.6. The van der Waals surface area contributed by atoms with Gasteiger partial charge in [0.25, 0.3) is 0 Å². The molecule has 0 spiro atoms. The molecule has 0 saturated heterocycles. The standard InChI is InChI=1S/C22H28N4O3S/c1-4-15-25(2)16-5-6-17-29-22-13-11-21(12-14-22)26(3)30(27,28)24-20-9-7-19(18-23)8-10-20/h4,7-14,24H,1,5-6,15-17H2,2-3H3. The van der Waals surface area contributed by atoms with Crippen molar-refractivity contribution in [2.24, 2.45) is 0 Å². The van der Waals surface area contributed by atoms with Gasteiger partial charge in [0, 0.05) is 13.6 Å². The van der Waals surface area contributed by atoms with Crippen molar-refractivity contribution in [3.8, 4) is 11.8 Å². The Labute approximate surface area is 179 Å². The summed E-state index contributed by atoms with van der Waals surface area (Å²) < 4.78 is 34.6. The number of likely N-dealkylation sites (N-methyl/N-ethyl adjacent to an activating group) is 1. The number of unbranched alkanes of at least 4 members (excludes halogenated alkanes) is 1. The first kappa shape index (κ1) is 23.3. The predicted octanol–water partition coefficient (Wildman–Crippen LogP) is 3.63. The van der Waals surface area contributed by atoms with Crippen molar-refractivity contribution in [1.29, 1.82) is 5.26 Å². The highest BCUT2D eigenvalue weighted by Crippen LogP contribution is 2.22. The van der Waals surface area contributed by atoms with Crippen molar-refractivity contribution >= 4 is 21.6 Å². The number of anilines is 2. The Morgan fingerprint density at radius 2 is 1.77 bits per heavy atom. The van der Waals surface area contributed by atoms with Crippen LogP contribution in [-0.2, 0) is 10.2 Å². The van der Waals surface area contributed by atoms with Crippen molar-refractivity contribution in [1.82, 2.24) is 4.90 Å². The minimum atomic E-state index is -3.79. The summed E-state index contributed by atoms with van der Waals surface area (Å²) in [6.07, 6.45) is 3.85. The minimum absolute atomic E-state index is 0.388. The highest BCUT2D eigenvalue weighted by atomic mass is 32.2. The molecule has 0 aliphatic carbocycles. The molecule has 30 heavy (non-hydrogen) atoms. The summed E-state index contributed by atoms with van der Waals surface area (Å²) in [7, 11) is -0.257. The molecule has 2 aromatic carbocycles. The van der Waals surface area contributed by atoms with E-state index >= 15 is 0 Å². The van der Waals surface area contributed by atoms with Gasteiger partial charge in [-0.05, 0) is 75.0 Å². The SMILES string of the molecule is C=CCN(C)CCCCOc1ccc(N(C)S(=O)(=O)Nc2ccc(C#N)cc2)cc1. The van der Waals surface area contributed by atoms with Crippen LogP contribution in [0.5, 0.6) is 5.75 Å². The van der Waals surface area contributed by atoms with Gasteiger partial charge in [-0.15, -0.1) is 6.58 Å². The van der Waals surface area contributed by atoms with E-state index in [4.69, 9.17) is 10.00 Å². The van der Waals surface area contributed by atoms with Crippen LogP contribution < -0.4 is 13.8 Å². The molecule has 8 heteroatoms. The molecule has 0 radical (unpaired) electrons. The van der Waals surface area contributed by atoms with Crippen molar-refractivity contribution in [3.05, 3.63) is 66.7 Å². The van der Waals surface area contributed by atoms with Gasteiger partial charge in [-0.25, -0.2) is 0 Å². The van der Waals surface area contributed by atoms with Crippen LogP contribution in [0, 0.1) is 11.3 Å². The van der Waals surface area contributed by atoms with Crippen LogP contribution >= 0.6 is 0 Å². The fraction of sp³-hybridized carbons (Fsp3) is 0.318. The fourth-order valence-electron chi connectivity index (χ4n) is 2.71. The smallest absolute Gasteiger partial charge is 0.323 e. The Hall–Kier alpha value is -3.02. The third-order valence-corrected chi connectivity index (χ3v) is 5.89. The number of hydrogen-bond donors (Lipinski definition) is 1. The molecular formula is C22H28N4O3S. The number of nitrogens with one attached hydrogen (secondary N) is 1. The summed E-state index contributed by atoms with van der Waals surface area (Å²) in [5.41, 5.74) is 1.36. The van der Waals surface area contributed by atoms with Gasteiger partial charge in [0.2, 0.25) is 0 Å². The number of benzene rings is 2. The lowest BCUT2D eigenvalue weighted by Crippen LogP contribution is -2.32. The molecule has 0 aromatic heterocycles. The summed E-state index contributed by atoms with van der Waals surface area (Å²) in [4.78, 5) is 2.20. The third kappa shape index (κ3) is 7.10. The minimum Gasteiger partial charge on any atom is -0.494 e. The summed E-state index contributed by atoms with van der Waals surface area (Å²) >= 11 is 0. The molecule has 0 aliphatic heterocycles. The molecule has 160 valence electrons. The highest BCUT2D eigenvalue weighted by Gasteiger charge is 2.18. The van der Waals surface area contributed by atoms with Crippen LogP contribution in [0.25, 0.3) is 0 Å². The Morgan fingerprint density at radius 3 is 2.37 bits per heavy atom. The van der Waals surface area contributed by atoms with E-state index in [2.05, 4.69) is 23.2 Å². The van der Waals surface area contributed by atoms with Gasteiger partial charge >= 0.3 is 10.2 Å². The normalized spacial score (nSPS) is 11.0. The molecule has 0 heterocycles. The summed E-state index contributed by atoms with van der Waals surface area (Å²) in [5.74, 6) is 0.698. The number of nitriles is 1. The van der Waals surface area contributed by atoms with Crippen molar-refractivity contribution < 1.29 is 13.2 Å². The van der Waals surface area contributed by atoms with Gasteiger partial charge in [-0.2, -0.15) is 13.7 Å². The van der Waals surface area contributed by atoms with Gasteiger partial charge in [0.15, 0.2) is 0 Å². The lowest BCUT2D eigenvalue weighted by Gasteiger charge is -2.20. The molecule has 0 unspecified atom stereocenters. The number of hydrogen-bond acceptors (Lipinski definition) is 5. The second kappa shape index (κ2) is 11.2. The van der Waals surface area contributed by atoms with Crippen LogP contribution in [0.4, 0.5) is 11.4 Å². The van der Waals surface area contributed by atoms with Gasteiger partial charge in [0.05, 0.1) is 29.6 Å². The molecule has 2 aromatic rings. The van der Waals surface area contributed by atoms with E-state index in [0.717, 1.165) is 30.2 Å². The maximum atomic E-state index is 12.6. The Balaban J connectivity index is 1.86. The van der Waals surface area contributed by atoms with Crippen LogP contribution in [0.15, 0.2) is 61.2 Å². The quantitative estimate of drug-likeness (QED) is 0.412. The molecule has 0 amide bonds. The number of rotatable bonds is 12. The van der Waals surface area contributed by atoms with Gasteiger partial charge < -0.3 is 9.64 Å². The van der Waals surface area contributed by atoms with E-state index in [9.17, 15) is 8.42 Å². The zero-order valence-corrected chi connectivity index (χ0v) is 18.2. The molecule has 0 saturated carbocycles. The molecular weight excluding hydrogens is 400 g/mol. The van der Waals surface area contributed by atoms with E-state index in [0.29, 0.717) is 29.3 Å². The first-order valence-corrected chi connectivity index (χ1v) is 11.1. The van der Waals surface area contributed by atoms with Crippen LogP contribution in [-0.4, -0.2) is 47.1 Å². The highest BCUT2D eigenvalue weighted by molar-refractivity contribution is 7.94. The first-order valence-electron chi connectivity index (χ1n) is 9.65. The van der Waals surface area contributed by atoms with Crippen molar-refractivity contribution in [2.75, 3.05) is 42.8 Å². The average Bonchev–Trinajstić information content (AvgIpc) is 2.74. The zero-order chi connectivity index (χ0) is 22.0. The number of ether oxygens (including phenoxy) is 1. The van der Waals surface area contributed by atoms with Gasteiger partial charge in [0.1, 0.15) is 5.75 Å². The molecule has 7 nitrogen and oxygen atoms in total. The lowest BCUT2D eigenvalue weighted by molar-refractivity contribution is 0.287. The predicted molar refractivity (Wildman–Crippen MR) is 121 cm³/mol. The lowest BCUT2D eigenvalue weighted by atomic mass is 10.2. The Kier molecular flexibility index (Phi) is 8.71. The molecule has 0 atom stereocenters. The monoisotopic (exact) mass is 428 g/mol. The largest absolute Gasteiger partial charge is 0.494 e. The summed E-state index contributed by atoms with van der Waals surface area (Å²) in [6.45, 7) is 6.19. The van der Waals surface area contributed by atoms with Crippen molar-refractivity contribution in [2.45, 2.75) is 12.8 Å². The zero-order valence-electron chi connectivity index (χ0n) is 17.4. The molecule has 0 aliphatic rings. The van der Waals surface area contributed by atoms with Gasteiger partial charge in [-0.1, -0.05) is 6.08 Å².